The van der Waals surface area contributed by atoms with Crippen LogP contribution in [0.5, 0.6) is 0 Å². The predicted octanol–water partition coefficient (Wildman–Crippen LogP) is 4.25. The third kappa shape index (κ3) is 3.98. The summed E-state index contributed by atoms with van der Waals surface area (Å²) in [5.74, 6) is -0.173. The maximum Gasteiger partial charge on any atom is 0.257 e. The molecular weight excluding hydrogens is 298 g/mol. The molecule has 3 rings (SSSR count). The van der Waals surface area contributed by atoms with E-state index < -0.39 is 0 Å². The van der Waals surface area contributed by atoms with Gasteiger partial charge in [-0.1, -0.05) is 42.5 Å². The topological polar surface area (TPSA) is 54.0 Å². The van der Waals surface area contributed by atoms with Crippen LogP contribution in [0.1, 0.15) is 21.5 Å². The Labute approximate surface area is 141 Å². The largest absolute Gasteiger partial charge is 0.380 e. The van der Waals surface area contributed by atoms with Crippen molar-refractivity contribution in [2.45, 2.75) is 13.5 Å². The van der Waals surface area contributed by atoms with Gasteiger partial charge in [-0.05, 0) is 36.2 Å². The predicted molar refractivity (Wildman–Crippen MR) is 97.1 cm³/mol. The number of aryl methyl sites for hydroxylation is 1. The zero-order valence-electron chi connectivity index (χ0n) is 13.5. The van der Waals surface area contributed by atoms with Gasteiger partial charge >= 0.3 is 0 Å². The molecule has 0 saturated heterocycles. The van der Waals surface area contributed by atoms with Crippen LogP contribution in [0.4, 0.5) is 11.4 Å². The van der Waals surface area contributed by atoms with Crippen molar-refractivity contribution in [2.24, 2.45) is 0 Å². The van der Waals surface area contributed by atoms with Crippen molar-refractivity contribution in [3.05, 3.63) is 89.7 Å². The second kappa shape index (κ2) is 7.42. The van der Waals surface area contributed by atoms with E-state index in [0.29, 0.717) is 12.1 Å². The molecule has 0 aliphatic carbocycles. The van der Waals surface area contributed by atoms with Gasteiger partial charge in [-0.25, -0.2) is 0 Å². The number of amides is 1. The number of para-hydroxylation sites is 1. The molecule has 120 valence electrons. The van der Waals surface area contributed by atoms with Crippen LogP contribution in [0.2, 0.25) is 0 Å². The Bertz CT molecular complexity index is 831. The van der Waals surface area contributed by atoms with Crippen molar-refractivity contribution in [2.75, 3.05) is 10.6 Å². The van der Waals surface area contributed by atoms with Crippen molar-refractivity contribution >= 4 is 17.3 Å². The summed E-state index contributed by atoms with van der Waals surface area (Å²) < 4.78 is 0. The minimum Gasteiger partial charge on any atom is -0.380 e. The van der Waals surface area contributed by atoms with E-state index in [1.807, 2.05) is 48.5 Å². The lowest BCUT2D eigenvalue weighted by Crippen LogP contribution is -2.12. The molecule has 0 aliphatic heterocycles. The number of nitrogens with zero attached hydrogens (tertiary/aromatic N) is 1. The number of hydrogen-bond acceptors (Lipinski definition) is 3. The van der Waals surface area contributed by atoms with Crippen molar-refractivity contribution in [1.29, 1.82) is 0 Å². The summed E-state index contributed by atoms with van der Waals surface area (Å²) in [5, 5.41) is 6.18. The van der Waals surface area contributed by atoms with Crippen LogP contribution < -0.4 is 10.6 Å². The zero-order chi connectivity index (χ0) is 16.8. The number of carbonyl (C=O) groups excluding carboxylic acids is 1. The Balaban J connectivity index is 1.68. The summed E-state index contributed by atoms with van der Waals surface area (Å²) >= 11 is 0. The minimum atomic E-state index is -0.173. The van der Waals surface area contributed by atoms with Gasteiger partial charge in [0.25, 0.3) is 5.91 Å². The Morgan fingerprint density at radius 2 is 1.71 bits per heavy atom. The van der Waals surface area contributed by atoms with E-state index in [1.165, 1.54) is 11.1 Å². The second-order valence-electron chi connectivity index (χ2n) is 5.56. The molecule has 1 heterocycles. The first kappa shape index (κ1) is 15.7. The molecule has 24 heavy (non-hydrogen) atoms. The van der Waals surface area contributed by atoms with E-state index >= 15 is 0 Å². The lowest BCUT2D eigenvalue weighted by Gasteiger charge is -2.10. The normalized spacial score (nSPS) is 10.2. The highest BCUT2D eigenvalue weighted by Gasteiger charge is 2.07. The molecule has 4 nitrogen and oxygen atoms in total. The molecule has 0 aliphatic rings. The highest BCUT2D eigenvalue weighted by atomic mass is 16.1. The van der Waals surface area contributed by atoms with E-state index in [4.69, 9.17) is 0 Å². The van der Waals surface area contributed by atoms with Crippen LogP contribution in [-0.2, 0) is 6.54 Å². The number of benzene rings is 2. The zero-order valence-corrected chi connectivity index (χ0v) is 13.5. The molecule has 0 fully saturated rings. The van der Waals surface area contributed by atoms with Gasteiger partial charge in [-0.3, -0.25) is 9.78 Å². The van der Waals surface area contributed by atoms with Crippen LogP contribution in [0.25, 0.3) is 0 Å². The number of aromatic nitrogens is 1. The Morgan fingerprint density at radius 3 is 2.50 bits per heavy atom. The van der Waals surface area contributed by atoms with Gasteiger partial charge in [-0.2, -0.15) is 0 Å². The third-order valence-corrected chi connectivity index (χ3v) is 3.78. The maximum absolute atomic E-state index is 12.3. The Morgan fingerprint density at radius 1 is 0.958 bits per heavy atom. The van der Waals surface area contributed by atoms with Crippen molar-refractivity contribution in [3.63, 3.8) is 0 Å². The fraction of sp³-hybridized carbons (Fsp3) is 0.100. The molecule has 1 amide bonds. The number of nitrogens with one attached hydrogen (secondary N) is 2. The monoisotopic (exact) mass is 317 g/mol. The van der Waals surface area contributed by atoms with Crippen LogP contribution in [0.15, 0.2) is 73.1 Å². The molecule has 0 radical (unpaired) electrons. The van der Waals surface area contributed by atoms with Gasteiger partial charge in [0, 0.05) is 24.6 Å². The molecule has 1 aromatic heterocycles. The van der Waals surface area contributed by atoms with Crippen LogP contribution in [0.3, 0.4) is 0 Å². The molecule has 3 aromatic rings. The van der Waals surface area contributed by atoms with E-state index in [2.05, 4.69) is 34.7 Å². The van der Waals surface area contributed by atoms with Crippen LogP contribution in [-0.4, -0.2) is 10.9 Å². The summed E-state index contributed by atoms with van der Waals surface area (Å²) in [6, 6.07) is 19.4. The van der Waals surface area contributed by atoms with Gasteiger partial charge in [0.15, 0.2) is 0 Å². The fourth-order valence-electron chi connectivity index (χ4n) is 2.39. The lowest BCUT2D eigenvalue weighted by molar-refractivity contribution is 0.102. The van der Waals surface area contributed by atoms with Crippen molar-refractivity contribution in [3.8, 4) is 0 Å². The van der Waals surface area contributed by atoms with E-state index in [-0.39, 0.29) is 5.91 Å². The van der Waals surface area contributed by atoms with Crippen LogP contribution in [0, 0.1) is 6.92 Å². The van der Waals surface area contributed by atoms with Gasteiger partial charge in [0.2, 0.25) is 0 Å². The summed E-state index contributed by atoms with van der Waals surface area (Å²) in [6.07, 6.45) is 3.29. The Hall–Kier alpha value is -3.14. The van der Waals surface area contributed by atoms with E-state index in [9.17, 15) is 4.79 Å². The summed E-state index contributed by atoms with van der Waals surface area (Å²) in [4.78, 5) is 16.5. The Kier molecular flexibility index (Phi) is 4.87. The number of anilines is 2. The standard InChI is InChI=1S/C20H19N3O/c1-15-7-5-6-8-16(15)13-22-19-11-17(12-21-14-19)20(24)23-18-9-3-2-4-10-18/h2-12,14,22H,13H2,1H3,(H,23,24). The van der Waals surface area contributed by atoms with Gasteiger partial charge in [-0.15, -0.1) is 0 Å². The molecule has 4 heteroatoms. The second-order valence-corrected chi connectivity index (χ2v) is 5.56. The summed E-state index contributed by atoms with van der Waals surface area (Å²) in [6.45, 7) is 2.77. The minimum absolute atomic E-state index is 0.173. The SMILES string of the molecule is Cc1ccccc1CNc1cncc(C(=O)Nc2ccccc2)c1. The van der Waals surface area contributed by atoms with Gasteiger partial charge in [0.05, 0.1) is 11.3 Å². The first-order chi connectivity index (χ1) is 11.7. The first-order valence-corrected chi connectivity index (χ1v) is 7.82. The maximum atomic E-state index is 12.3. The van der Waals surface area contributed by atoms with Crippen LogP contribution >= 0.6 is 0 Å². The number of pyridine rings is 1. The summed E-state index contributed by atoms with van der Waals surface area (Å²) in [5.41, 5.74) is 4.56. The fourth-order valence-corrected chi connectivity index (χ4v) is 2.39. The van der Waals surface area contributed by atoms with E-state index in [0.717, 1.165) is 11.4 Å². The van der Waals surface area contributed by atoms with Crippen molar-refractivity contribution in [1.82, 2.24) is 4.98 Å². The number of carbonyl (C=O) groups is 1. The van der Waals surface area contributed by atoms with E-state index in [1.54, 1.807) is 12.4 Å². The number of rotatable bonds is 5. The third-order valence-electron chi connectivity index (χ3n) is 3.78. The molecule has 0 saturated carbocycles. The molecule has 0 atom stereocenters. The lowest BCUT2D eigenvalue weighted by atomic mass is 10.1. The highest BCUT2D eigenvalue weighted by Crippen LogP contribution is 2.14. The molecule has 0 unspecified atom stereocenters. The number of hydrogen-bond donors (Lipinski definition) is 2. The highest BCUT2D eigenvalue weighted by molar-refractivity contribution is 6.04. The summed E-state index contributed by atoms with van der Waals surface area (Å²) in [7, 11) is 0. The molecule has 2 N–H and O–H groups in total. The van der Waals surface area contributed by atoms with Gasteiger partial charge < -0.3 is 10.6 Å². The molecule has 0 bridgehead atoms. The average Bonchev–Trinajstić information content (AvgIpc) is 2.62. The molecule has 0 spiro atoms. The smallest absolute Gasteiger partial charge is 0.257 e. The molecule has 2 aromatic carbocycles. The van der Waals surface area contributed by atoms with Crippen molar-refractivity contribution < 1.29 is 4.79 Å². The molecular formula is C20H19N3O. The first-order valence-electron chi connectivity index (χ1n) is 7.82. The quantitative estimate of drug-likeness (QED) is 0.739. The average molecular weight is 317 g/mol. The van der Waals surface area contributed by atoms with Gasteiger partial charge in [0.1, 0.15) is 0 Å².